The van der Waals surface area contributed by atoms with E-state index in [1.54, 1.807) is 0 Å². The lowest BCUT2D eigenvalue weighted by molar-refractivity contribution is -0.143. The van der Waals surface area contributed by atoms with E-state index in [0.29, 0.717) is 38.7 Å². The highest BCUT2D eigenvalue weighted by Gasteiger charge is 2.04. The second-order valence-corrected chi connectivity index (χ2v) is 6.37. The van der Waals surface area contributed by atoms with Crippen LogP contribution in [0.2, 0.25) is 0 Å². The van der Waals surface area contributed by atoms with E-state index in [4.69, 9.17) is 4.74 Å². The Morgan fingerprint density at radius 2 is 1.37 bits per heavy atom. The van der Waals surface area contributed by atoms with E-state index >= 15 is 0 Å². The Labute approximate surface area is 161 Å². The summed E-state index contributed by atoms with van der Waals surface area (Å²) >= 11 is 0. The van der Waals surface area contributed by atoms with E-state index in [-0.39, 0.29) is 11.8 Å². The molecule has 2 rings (SSSR count). The third-order valence-corrected chi connectivity index (χ3v) is 4.14. The van der Waals surface area contributed by atoms with Crippen molar-refractivity contribution in [2.45, 2.75) is 44.9 Å². The van der Waals surface area contributed by atoms with E-state index in [0.717, 1.165) is 18.4 Å². The second kappa shape index (κ2) is 12.5. The van der Waals surface area contributed by atoms with Crippen LogP contribution in [0.3, 0.4) is 0 Å². The minimum atomic E-state index is -0.202. The topological polar surface area (TPSA) is 43.4 Å². The van der Waals surface area contributed by atoms with E-state index in [1.807, 2.05) is 48.5 Å². The molecule has 2 aromatic rings. The van der Waals surface area contributed by atoms with Crippen LogP contribution in [0.1, 0.15) is 43.2 Å². The predicted molar refractivity (Wildman–Crippen MR) is 107 cm³/mol. The van der Waals surface area contributed by atoms with E-state index in [2.05, 4.69) is 24.0 Å². The van der Waals surface area contributed by atoms with Gasteiger partial charge in [-0.1, -0.05) is 66.6 Å². The Balaban J connectivity index is 1.50. The number of hydrogen-bond donors (Lipinski definition) is 0. The lowest BCUT2D eigenvalue weighted by Crippen LogP contribution is -2.07. The number of rotatable bonds is 10. The Hall–Kier alpha value is -2.86. The zero-order valence-corrected chi connectivity index (χ0v) is 15.7. The average Bonchev–Trinajstić information content (AvgIpc) is 2.70. The molecular weight excluding hydrogens is 336 g/mol. The summed E-state index contributed by atoms with van der Waals surface area (Å²) in [5.41, 5.74) is 2.38. The fourth-order valence-corrected chi connectivity index (χ4v) is 2.63. The summed E-state index contributed by atoms with van der Waals surface area (Å²) < 4.78 is 5.22. The maximum atomic E-state index is 11.7. The zero-order valence-electron chi connectivity index (χ0n) is 15.7. The van der Waals surface area contributed by atoms with Crippen molar-refractivity contribution in [2.24, 2.45) is 0 Å². The van der Waals surface area contributed by atoms with E-state index in [1.165, 1.54) is 5.56 Å². The third-order valence-electron chi connectivity index (χ3n) is 4.14. The van der Waals surface area contributed by atoms with Crippen molar-refractivity contribution in [3.05, 3.63) is 71.8 Å². The molecule has 0 aliphatic heterocycles. The lowest BCUT2D eigenvalue weighted by Gasteiger charge is -2.04. The average molecular weight is 362 g/mol. The van der Waals surface area contributed by atoms with Crippen molar-refractivity contribution in [1.29, 1.82) is 0 Å². The largest absolute Gasteiger partial charge is 0.465 e. The van der Waals surface area contributed by atoms with Crippen molar-refractivity contribution < 1.29 is 14.3 Å². The summed E-state index contributed by atoms with van der Waals surface area (Å²) in [6.07, 6.45) is 4.34. The molecule has 0 radical (unpaired) electrons. The smallest absolute Gasteiger partial charge is 0.305 e. The number of ether oxygens (including phenoxy) is 1. The quantitative estimate of drug-likeness (QED) is 0.270. The Bertz CT molecular complexity index is 754. The number of unbranched alkanes of at least 4 members (excludes halogenated alkanes) is 1. The van der Waals surface area contributed by atoms with Crippen LogP contribution in [-0.2, 0) is 27.2 Å². The molecule has 0 saturated carbocycles. The van der Waals surface area contributed by atoms with Gasteiger partial charge in [0, 0.05) is 25.7 Å². The van der Waals surface area contributed by atoms with Gasteiger partial charge in [-0.15, -0.1) is 0 Å². The third kappa shape index (κ3) is 9.42. The minimum absolute atomic E-state index is 0.0551. The number of carbonyl (C=O) groups is 2. The van der Waals surface area contributed by atoms with Gasteiger partial charge in [-0.2, -0.15) is 0 Å². The zero-order chi connectivity index (χ0) is 19.2. The van der Waals surface area contributed by atoms with Crippen LogP contribution in [0.5, 0.6) is 0 Å². The SMILES string of the molecule is O=C(C#CCCc1ccccc1)CCCCC(=O)OCCc1ccccc1. The Morgan fingerprint density at radius 3 is 2.04 bits per heavy atom. The first kappa shape index (κ1) is 20.5. The van der Waals surface area contributed by atoms with Crippen LogP contribution in [-0.4, -0.2) is 18.4 Å². The number of hydrogen-bond acceptors (Lipinski definition) is 3. The summed E-state index contributed by atoms with van der Waals surface area (Å²) in [5.74, 6) is 5.37. The standard InChI is InChI=1S/C24H26O3/c25-23(16-8-7-15-21-11-3-1-4-12-21)17-9-10-18-24(26)27-20-19-22-13-5-2-6-14-22/h1-6,11-14H,7,9-10,15,17-20H2. The van der Waals surface area contributed by atoms with Crippen LogP contribution in [0.15, 0.2) is 60.7 Å². The monoisotopic (exact) mass is 362 g/mol. The molecule has 0 heterocycles. The van der Waals surface area contributed by atoms with Gasteiger partial charge in [0.05, 0.1) is 6.61 Å². The number of carbonyl (C=O) groups excluding carboxylic acids is 2. The van der Waals surface area contributed by atoms with Gasteiger partial charge < -0.3 is 4.74 Å². The molecule has 0 aliphatic carbocycles. The van der Waals surface area contributed by atoms with Crippen molar-refractivity contribution in [2.75, 3.05) is 6.61 Å². The molecule has 3 heteroatoms. The molecule has 0 bridgehead atoms. The van der Waals surface area contributed by atoms with Gasteiger partial charge in [0.2, 0.25) is 5.78 Å². The molecule has 27 heavy (non-hydrogen) atoms. The fourth-order valence-electron chi connectivity index (χ4n) is 2.63. The molecule has 2 aromatic carbocycles. The van der Waals surface area contributed by atoms with Crippen molar-refractivity contribution in [1.82, 2.24) is 0 Å². The number of benzene rings is 2. The molecule has 0 aromatic heterocycles. The van der Waals surface area contributed by atoms with Crippen molar-refractivity contribution in [3.63, 3.8) is 0 Å². The maximum Gasteiger partial charge on any atom is 0.305 e. The fraction of sp³-hybridized carbons (Fsp3) is 0.333. The first-order valence-electron chi connectivity index (χ1n) is 9.49. The molecular formula is C24H26O3. The van der Waals surface area contributed by atoms with Crippen LogP contribution < -0.4 is 0 Å². The van der Waals surface area contributed by atoms with E-state index < -0.39 is 0 Å². The van der Waals surface area contributed by atoms with Crippen LogP contribution >= 0.6 is 0 Å². The van der Waals surface area contributed by atoms with Gasteiger partial charge in [0.1, 0.15) is 0 Å². The van der Waals surface area contributed by atoms with E-state index in [9.17, 15) is 9.59 Å². The molecule has 0 atom stereocenters. The number of ketones is 1. The minimum Gasteiger partial charge on any atom is -0.465 e. The van der Waals surface area contributed by atoms with Gasteiger partial charge in [0.25, 0.3) is 0 Å². The molecule has 0 amide bonds. The lowest BCUT2D eigenvalue weighted by atomic mass is 10.1. The normalized spacial score (nSPS) is 9.93. The molecule has 140 valence electrons. The summed E-state index contributed by atoms with van der Waals surface area (Å²) in [6.45, 7) is 0.397. The number of Topliss-reactive ketones (excluding diaryl/α,β-unsaturated/α-hetero) is 1. The molecule has 0 saturated heterocycles. The van der Waals surface area contributed by atoms with Gasteiger partial charge >= 0.3 is 5.97 Å². The molecule has 3 nitrogen and oxygen atoms in total. The first-order chi connectivity index (χ1) is 13.2. The highest BCUT2D eigenvalue weighted by Crippen LogP contribution is 2.05. The van der Waals surface area contributed by atoms with Crippen LogP contribution in [0, 0.1) is 11.8 Å². The molecule has 0 N–H and O–H groups in total. The summed E-state index contributed by atoms with van der Waals surface area (Å²) in [5, 5.41) is 0. The highest BCUT2D eigenvalue weighted by molar-refractivity contribution is 5.95. The summed E-state index contributed by atoms with van der Waals surface area (Å²) in [6, 6.07) is 20.0. The van der Waals surface area contributed by atoms with Gasteiger partial charge in [-0.3, -0.25) is 9.59 Å². The highest BCUT2D eigenvalue weighted by atomic mass is 16.5. The summed E-state index contributed by atoms with van der Waals surface area (Å²) in [4.78, 5) is 23.4. The number of aryl methyl sites for hydroxylation is 1. The van der Waals surface area contributed by atoms with Gasteiger partial charge in [-0.05, 0) is 36.3 Å². The van der Waals surface area contributed by atoms with Crippen molar-refractivity contribution >= 4 is 11.8 Å². The van der Waals surface area contributed by atoms with Crippen LogP contribution in [0.25, 0.3) is 0 Å². The predicted octanol–water partition coefficient (Wildman–Crippen LogP) is 4.54. The Kier molecular flexibility index (Phi) is 9.46. The molecule has 0 aliphatic rings. The maximum absolute atomic E-state index is 11.7. The number of esters is 1. The Morgan fingerprint density at radius 1 is 0.778 bits per heavy atom. The first-order valence-corrected chi connectivity index (χ1v) is 9.49. The molecule has 0 spiro atoms. The molecule has 0 unspecified atom stereocenters. The van der Waals surface area contributed by atoms with Crippen LogP contribution in [0.4, 0.5) is 0 Å². The second-order valence-electron chi connectivity index (χ2n) is 6.37. The van der Waals surface area contributed by atoms with Gasteiger partial charge in [0.15, 0.2) is 0 Å². The summed E-state index contributed by atoms with van der Waals surface area (Å²) in [7, 11) is 0. The van der Waals surface area contributed by atoms with Gasteiger partial charge in [-0.25, -0.2) is 0 Å². The molecule has 0 fully saturated rings. The van der Waals surface area contributed by atoms with Crippen molar-refractivity contribution in [3.8, 4) is 11.8 Å².